The number of nitrogens with zero attached hydrogens (tertiary/aromatic N) is 1. The van der Waals surface area contributed by atoms with Gasteiger partial charge in [-0.25, -0.2) is 0 Å². The number of β-lactam (4-membered cyclic amide) rings is 1. The molecule has 1 aromatic rings. The first kappa shape index (κ1) is 21.6. The monoisotopic (exact) mass is 431 g/mol. The van der Waals surface area contributed by atoms with Crippen LogP contribution in [0.25, 0.3) is 0 Å². The van der Waals surface area contributed by atoms with Crippen LogP contribution in [0.5, 0.6) is 0 Å². The van der Waals surface area contributed by atoms with Crippen LogP contribution >= 0.6 is 35.7 Å². The van der Waals surface area contributed by atoms with Gasteiger partial charge < -0.3 is 20.1 Å². The molecule has 1 saturated heterocycles. The number of hydrogen-bond donors (Lipinski definition) is 2. The van der Waals surface area contributed by atoms with Crippen molar-refractivity contribution in [3.05, 3.63) is 39.9 Å². The number of ether oxygens (including phenoxy) is 2. The van der Waals surface area contributed by atoms with Crippen molar-refractivity contribution in [2.24, 2.45) is 0 Å². The SMILES string of the molecule is CO[C@H]1C(=O)N[C@@H]1SC(=S)SCC(NC=O)OCc1ccc([N+](=O)[O-])cc1. The van der Waals surface area contributed by atoms with Crippen LogP contribution in [-0.4, -0.2) is 51.3 Å². The summed E-state index contributed by atoms with van der Waals surface area (Å²) in [4.78, 5) is 32.2. The highest BCUT2D eigenvalue weighted by atomic mass is 32.2. The molecule has 2 rings (SSSR count). The summed E-state index contributed by atoms with van der Waals surface area (Å²) in [6.45, 7) is 0.175. The number of nitro groups is 1. The zero-order chi connectivity index (χ0) is 19.8. The summed E-state index contributed by atoms with van der Waals surface area (Å²) in [5.41, 5.74) is 0.733. The average Bonchev–Trinajstić information content (AvgIpc) is 2.64. The summed E-state index contributed by atoms with van der Waals surface area (Å²) in [5, 5.41) is 15.7. The molecule has 1 aliphatic heterocycles. The fourth-order valence-corrected chi connectivity index (χ4v) is 4.60. The van der Waals surface area contributed by atoms with E-state index < -0.39 is 17.3 Å². The van der Waals surface area contributed by atoms with Crippen LogP contribution in [0.2, 0.25) is 0 Å². The Kier molecular flexibility index (Phi) is 8.44. The number of carbonyl (C=O) groups excluding carboxylic acids is 2. The predicted molar refractivity (Wildman–Crippen MR) is 106 cm³/mol. The summed E-state index contributed by atoms with van der Waals surface area (Å²) in [6, 6.07) is 5.96. The van der Waals surface area contributed by atoms with Gasteiger partial charge in [0, 0.05) is 25.0 Å². The second-order valence-electron chi connectivity index (χ2n) is 5.27. The fraction of sp³-hybridized carbons (Fsp3) is 0.400. The molecule has 1 heterocycles. The molecule has 27 heavy (non-hydrogen) atoms. The number of nitrogens with one attached hydrogen (secondary N) is 2. The van der Waals surface area contributed by atoms with Crippen molar-refractivity contribution in [3.63, 3.8) is 0 Å². The topological polar surface area (TPSA) is 120 Å². The van der Waals surface area contributed by atoms with Gasteiger partial charge in [-0.05, 0) is 17.7 Å². The molecule has 0 bridgehead atoms. The van der Waals surface area contributed by atoms with Crippen LogP contribution < -0.4 is 10.6 Å². The first-order valence-corrected chi connectivity index (χ1v) is 9.93. The molecular formula is C15H17N3O6S3. The summed E-state index contributed by atoms with van der Waals surface area (Å²) >= 11 is 7.89. The van der Waals surface area contributed by atoms with Crippen LogP contribution in [0, 0.1) is 10.1 Å². The van der Waals surface area contributed by atoms with Crippen molar-refractivity contribution in [3.8, 4) is 0 Å². The van der Waals surface area contributed by atoms with Crippen molar-refractivity contribution >= 4 is 57.3 Å². The van der Waals surface area contributed by atoms with Crippen molar-refractivity contribution in [2.75, 3.05) is 12.9 Å². The number of thioether (sulfide) groups is 2. The quantitative estimate of drug-likeness (QED) is 0.141. The lowest BCUT2D eigenvalue weighted by atomic mass is 10.2. The van der Waals surface area contributed by atoms with Crippen molar-refractivity contribution in [1.82, 2.24) is 10.6 Å². The average molecular weight is 432 g/mol. The molecule has 146 valence electrons. The number of hydrogen-bond acceptors (Lipinski definition) is 9. The first-order chi connectivity index (χ1) is 12.9. The van der Waals surface area contributed by atoms with Crippen molar-refractivity contribution in [1.29, 1.82) is 0 Å². The van der Waals surface area contributed by atoms with Gasteiger partial charge in [0.05, 0.1) is 11.5 Å². The Morgan fingerprint density at radius 2 is 2.19 bits per heavy atom. The number of amides is 2. The van der Waals surface area contributed by atoms with E-state index in [1.54, 1.807) is 12.1 Å². The molecular weight excluding hydrogens is 414 g/mol. The molecule has 9 nitrogen and oxygen atoms in total. The highest BCUT2D eigenvalue weighted by molar-refractivity contribution is 8.47. The Bertz CT molecular complexity index is 703. The zero-order valence-corrected chi connectivity index (χ0v) is 16.6. The van der Waals surface area contributed by atoms with E-state index in [1.165, 1.54) is 42.8 Å². The normalized spacial score (nSPS) is 19.5. The molecule has 0 aromatic heterocycles. The van der Waals surface area contributed by atoms with Gasteiger partial charge >= 0.3 is 0 Å². The standard InChI is InChI=1S/C15H17N3O6S3/c1-23-12-13(20)17-14(12)27-15(25)26-7-11(16-8-19)24-6-9-2-4-10(5-3-9)18(21)22/h2-5,8,11-12,14H,6-7H2,1H3,(H,16,19)(H,17,20)/t11?,12-,14+/m0/s1. The summed E-state index contributed by atoms with van der Waals surface area (Å²) in [7, 11) is 1.46. The molecule has 2 N–H and O–H groups in total. The third kappa shape index (κ3) is 6.43. The molecule has 1 aliphatic rings. The molecule has 1 unspecified atom stereocenters. The van der Waals surface area contributed by atoms with E-state index in [-0.39, 0.29) is 23.6 Å². The number of benzene rings is 1. The minimum Gasteiger partial charge on any atom is -0.368 e. The van der Waals surface area contributed by atoms with E-state index in [2.05, 4.69) is 10.6 Å². The molecule has 0 radical (unpaired) electrons. The van der Waals surface area contributed by atoms with E-state index >= 15 is 0 Å². The molecule has 0 spiro atoms. The highest BCUT2D eigenvalue weighted by Crippen LogP contribution is 2.28. The molecule has 0 aliphatic carbocycles. The Balaban J connectivity index is 1.77. The lowest BCUT2D eigenvalue weighted by Crippen LogP contribution is -2.61. The van der Waals surface area contributed by atoms with Crippen LogP contribution in [0.15, 0.2) is 24.3 Å². The second kappa shape index (κ2) is 10.6. The number of nitro benzene ring substituents is 1. The van der Waals surface area contributed by atoms with Crippen LogP contribution in [0.3, 0.4) is 0 Å². The number of rotatable bonds is 10. The highest BCUT2D eigenvalue weighted by Gasteiger charge is 2.40. The molecule has 1 fully saturated rings. The number of carbonyl (C=O) groups is 2. The molecule has 3 atom stereocenters. The van der Waals surface area contributed by atoms with Gasteiger partial charge in [0.1, 0.15) is 15.1 Å². The van der Waals surface area contributed by atoms with E-state index in [0.29, 0.717) is 15.7 Å². The van der Waals surface area contributed by atoms with Gasteiger partial charge in [0.2, 0.25) is 6.41 Å². The fourth-order valence-electron chi connectivity index (χ4n) is 2.07. The van der Waals surface area contributed by atoms with Gasteiger partial charge in [-0.15, -0.1) is 11.8 Å². The Morgan fingerprint density at radius 3 is 2.74 bits per heavy atom. The minimum absolute atomic E-state index is 0.00306. The number of thiocarbonyl (C=S) groups is 1. The van der Waals surface area contributed by atoms with Crippen LogP contribution in [0.4, 0.5) is 5.69 Å². The predicted octanol–water partition coefficient (Wildman–Crippen LogP) is 1.41. The molecule has 2 amide bonds. The van der Waals surface area contributed by atoms with E-state index in [1.807, 2.05) is 0 Å². The van der Waals surface area contributed by atoms with Crippen LogP contribution in [0.1, 0.15) is 5.56 Å². The molecule has 0 saturated carbocycles. The summed E-state index contributed by atoms with van der Waals surface area (Å²) < 4.78 is 11.3. The van der Waals surface area contributed by atoms with Gasteiger partial charge in [0.25, 0.3) is 11.6 Å². The van der Waals surface area contributed by atoms with Gasteiger partial charge in [-0.2, -0.15) is 0 Å². The van der Waals surface area contributed by atoms with Crippen molar-refractivity contribution < 1.29 is 24.0 Å². The van der Waals surface area contributed by atoms with E-state index in [4.69, 9.17) is 21.7 Å². The Hall–Kier alpha value is -1.73. The Morgan fingerprint density at radius 1 is 1.48 bits per heavy atom. The van der Waals surface area contributed by atoms with E-state index in [0.717, 1.165) is 5.56 Å². The van der Waals surface area contributed by atoms with Crippen LogP contribution in [-0.2, 0) is 25.7 Å². The Labute approximate surface area is 169 Å². The van der Waals surface area contributed by atoms with Gasteiger partial charge in [0.15, 0.2) is 6.10 Å². The number of non-ortho nitro benzene ring substituents is 1. The van der Waals surface area contributed by atoms with Gasteiger partial charge in [-0.3, -0.25) is 19.7 Å². The lowest BCUT2D eigenvalue weighted by molar-refractivity contribution is -0.384. The molecule has 12 heteroatoms. The third-order valence-corrected chi connectivity index (χ3v) is 6.30. The largest absolute Gasteiger partial charge is 0.368 e. The smallest absolute Gasteiger partial charge is 0.269 e. The molecule has 1 aromatic carbocycles. The van der Waals surface area contributed by atoms with Gasteiger partial charge in [-0.1, -0.05) is 24.0 Å². The minimum atomic E-state index is -0.588. The first-order valence-electron chi connectivity index (χ1n) is 7.65. The second-order valence-corrected chi connectivity index (χ2v) is 8.64. The van der Waals surface area contributed by atoms with E-state index in [9.17, 15) is 19.7 Å². The lowest BCUT2D eigenvalue weighted by Gasteiger charge is -2.34. The zero-order valence-electron chi connectivity index (χ0n) is 14.2. The third-order valence-electron chi connectivity index (χ3n) is 3.50. The summed E-state index contributed by atoms with van der Waals surface area (Å²) in [6.07, 6.45) is -0.573. The maximum atomic E-state index is 11.3. The maximum absolute atomic E-state index is 11.3. The maximum Gasteiger partial charge on any atom is 0.269 e. The summed E-state index contributed by atoms with van der Waals surface area (Å²) in [5.74, 6) is 0.199. The van der Waals surface area contributed by atoms with Crippen molar-refractivity contribution in [2.45, 2.75) is 24.3 Å². The number of methoxy groups -OCH3 is 1.